The molecule has 6 fully saturated rings. The van der Waals surface area contributed by atoms with Gasteiger partial charge in [0.05, 0.1) is 12.1 Å². The maximum atomic E-state index is 13.7. The standard InChI is InChI=1S/C25H41BN4O2.C24H38N4O/c1-24(2)16-12-13-25(3,15-16)23(24)27-22(31)21-19-14-17(28-26(4)32)10-11-20(19)30(29-21)18-8-6-5-7-9-18;1-23(2)15-11-12-24(3,14-15)22(23)26-21(29)20-18-13-16(25)9-10-19(18)28(27-20)17-7-5-4-6-8-17/h16-18,23,28,32H,5-15H2,1-4H3,(H,27,31);15-17,22H,4-14,25H2,1-3H3,(H,26,29). The minimum Gasteiger partial charge on any atom is -0.437 e. The monoisotopic (exact) mass is 839 g/mol. The molecule has 11 nitrogen and oxygen atoms in total. The van der Waals surface area contributed by atoms with Gasteiger partial charge in [-0.1, -0.05) is 80.1 Å². The van der Waals surface area contributed by atoms with E-state index >= 15 is 0 Å². The van der Waals surface area contributed by atoms with Gasteiger partial charge < -0.3 is 26.6 Å². The molecule has 4 bridgehead atoms. The first-order chi connectivity index (χ1) is 29.0. The molecule has 0 spiro atoms. The van der Waals surface area contributed by atoms with Gasteiger partial charge in [0.2, 0.25) is 0 Å². The summed E-state index contributed by atoms with van der Waals surface area (Å²) in [4.78, 5) is 27.3. The summed E-state index contributed by atoms with van der Waals surface area (Å²) in [5.41, 5.74) is 13.2. The van der Waals surface area contributed by atoms with Crippen LogP contribution in [0.2, 0.25) is 6.82 Å². The second kappa shape index (κ2) is 16.4. The third kappa shape index (κ3) is 7.86. The molecule has 0 saturated heterocycles. The molecule has 8 aliphatic rings. The normalized spacial score (nSPS) is 35.0. The third-order valence-electron chi connectivity index (χ3n) is 18.5. The van der Waals surface area contributed by atoms with Gasteiger partial charge in [0.25, 0.3) is 11.8 Å². The summed E-state index contributed by atoms with van der Waals surface area (Å²) in [5, 5.41) is 30.1. The predicted octanol–water partition coefficient (Wildman–Crippen LogP) is 8.04. The zero-order chi connectivity index (χ0) is 43.1. The number of hydrogen-bond acceptors (Lipinski definition) is 7. The van der Waals surface area contributed by atoms with E-state index in [9.17, 15) is 14.6 Å². The van der Waals surface area contributed by atoms with Crippen LogP contribution in [0.4, 0.5) is 0 Å². The molecule has 12 heteroatoms. The number of carbonyl (C=O) groups excluding carboxylic acids is 2. The van der Waals surface area contributed by atoms with Crippen molar-refractivity contribution < 1.29 is 14.6 Å². The van der Waals surface area contributed by atoms with Gasteiger partial charge in [0.1, 0.15) is 0 Å². The molecule has 2 aromatic heterocycles. The quantitative estimate of drug-likeness (QED) is 0.169. The maximum Gasteiger partial charge on any atom is 0.373 e. The van der Waals surface area contributed by atoms with E-state index < -0.39 is 7.05 Å². The molecular weight excluding hydrogens is 759 g/mol. The number of amides is 2. The van der Waals surface area contributed by atoms with E-state index in [1.165, 1.54) is 114 Å². The Morgan fingerprint density at radius 2 is 1.10 bits per heavy atom. The van der Waals surface area contributed by atoms with Gasteiger partial charge in [0, 0.05) is 46.7 Å². The number of carbonyl (C=O) groups is 2. The summed E-state index contributed by atoms with van der Waals surface area (Å²) >= 11 is 0. The highest BCUT2D eigenvalue weighted by Gasteiger charge is 2.61. The Bertz CT molecular complexity index is 1950. The van der Waals surface area contributed by atoms with Crippen LogP contribution in [0, 0.1) is 33.5 Å². The molecule has 336 valence electrons. The first kappa shape index (κ1) is 43.6. The summed E-state index contributed by atoms with van der Waals surface area (Å²) in [6, 6.07) is 1.66. The Balaban J connectivity index is 0.000000157. The van der Waals surface area contributed by atoms with Crippen molar-refractivity contribution in [1.29, 1.82) is 0 Å². The number of aromatic nitrogens is 4. The number of nitrogens with two attached hydrogens (primary N) is 1. The van der Waals surface area contributed by atoms with Crippen molar-refractivity contribution in [3.05, 3.63) is 33.9 Å². The molecule has 6 N–H and O–H groups in total. The lowest BCUT2D eigenvalue weighted by atomic mass is 9.68. The summed E-state index contributed by atoms with van der Waals surface area (Å²) in [6.07, 6.45) is 25.3. The Morgan fingerprint density at radius 3 is 1.52 bits per heavy atom. The maximum absolute atomic E-state index is 13.7. The van der Waals surface area contributed by atoms with Crippen molar-refractivity contribution in [3.8, 4) is 0 Å². The summed E-state index contributed by atoms with van der Waals surface area (Å²) in [5.74, 6) is 1.48. The van der Waals surface area contributed by atoms with Gasteiger partial charge in [0.15, 0.2) is 11.4 Å². The van der Waals surface area contributed by atoms with E-state index in [1.807, 2.05) is 0 Å². The smallest absolute Gasteiger partial charge is 0.373 e. The number of rotatable bonds is 8. The minimum absolute atomic E-state index is 0.0142. The van der Waals surface area contributed by atoms with Crippen LogP contribution in [-0.4, -0.2) is 67.6 Å². The van der Waals surface area contributed by atoms with E-state index in [4.69, 9.17) is 15.9 Å². The molecule has 61 heavy (non-hydrogen) atoms. The molecule has 0 radical (unpaired) electrons. The highest BCUT2D eigenvalue weighted by molar-refractivity contribution is 6.45. The van der Waals surface area contributed by atoms with Crippen LogP contribution in [0.5, 0.6) is 0 Å². The van der Waals surface area contributed by atoms with Gasteiger partial charge in [-0.2, -0.15) is 10.2 Å². The van der Waals surface area contributed by atoms with E-state index in [0.717, 1.165) is 55.6 Å². The SMILES string of the molecule is CB(O)NC1CCc2c(c(C(=O)NC3C4(C)CCC(C4)C3(C)C)nn2C2CCCCC2)C1.CC12CCC(C1)C(C)(C)C2NC(=O)c1nn(C2CCCCC2)c2c1CC(N)CC2. The molecule has 2 heterocycles. The van der Waals surface area contributed by atoms with Gasteiger partial charge >= 0.3 is 7.05 Å². The zero-order valence-corrected chi connectivity index (χ0v) is 38.9. The lowest BCUT2D eigenvalue weighted by Crippen LogP contribution is -2.52. The molecule has 8 unspecified atom stereocenters. The van der Waals surface area contributed by atoms with Crippen molar-refractivity contribution in [1.82, 2.24) is 35.4 Å². The molecule has 6 saturated carbocycles. The number of nitrogens with one attached hydrogen (secondary N) is 3. The topological polar surface area (TPSA) is 152 Å². The Hall–Kier alpha value is -2.70. The van der Waals surface area contributed by atoms with Crippen LogP contribution in [0.1, 0.15) is 213 Å². The summed E-state index contributed by atoms with van der Waals surface area (Å²) in [6.45, 7) is 15.9. The third-order valence-corrected chi connectivity index (χ3v) is 18.5. The van der Waals surface area contributed by atoms with Crippen LogP contribution in [0.3, 0.4) is 0 Å². The van der Waals surface area contributed by atoms with E-state index in [2.05, 4.69) is 66.8 Å². The molecule has 0 aliphatic heterocycles. The molecule has 8 atom stereocenters. The lowest BCUT2D eigenvalue weighted by molar-refractivity contribution is 0.0727. The van der Waals surface area contributed by atoms with Crippen molar-refractivity contribution in [2.75, 3.05) is 0 Å². The highest BCUT2D eigenvalue weighted by Crippen LogP contribution is 2.63. The fourth-order valence-corrected chi connectivity index (χ4v) is 15.1. The van der Waals surface area contributed by atoms with Gasteiger partial charge in [-0.3, -0.25) is 19.0 Å². The van der Waals surface area contributed by atoms with Crippen molar-refractivity contribution in [2.45, 2.75) is 226 Å². The molecule has 0 aromatic carbocycles. The average Bonchev–Trinajstić information content (AvgIpc) is 4.06. The van der Waals surface area contributed by atoms with Crippen LogP contribution in [0.25, 0.3) is 0 Å². The second-order valence-electron chi connectivity index (χ2n) is 23.4. The fraction of sp³-hybridized carbons (Fsp3) is 0.837. The molecular formula is C49H79BN8O3. The number of nitrogens with zero attached hydrogens (tertiary/aromatic N) is 4. The minimum atomic E-state index is -0.540. The number of hydrogen-bond donors (Lipinski definition) is 5. The first-order valence-electron chi connectivity index (χ1n) is 25.0. The predicted molar refractivity (Wildman–Crippen MR) is 242 cm³/mol. The molecule has 8 aliphatic carbocycles. The van der Waals surface area contributed by atoms with Crippen molar-refractivity contribution in [2.24, 2.45) is 39.2 Å². The lowest BCUT2D eigenvalue weighted by Gasteiger charge is -2.43. The molecule has 2 aromatic rings. The van der Waals surface area contributed by atoms with Crippen LogP contribution in [0.15, 0.2) is 0 Å². The van der Waals surface area contributed by atoms with E-state index in [0.29, 0.717) is 29.4 Å². The Labute approximate surface area is 366 Å². The molecule has 10 rings (SSSR count). The van der Waals surface area contributed by atoms with Crippen LogP contribution < -0.4 is 21.6 Å². The largest absolute Gasteiger partial charge is 0.437 e. The fourth-order valence-electron chi connectivity index (χ4n) is 15.1. The van der Waals surface area contributed by atoms with E-state index in [1.54, 1.807) is 6.82 Å². The molecule has 2 amide bonds. The zero-order valence-electron chi connectivity index (χ0n) is 38.9. The summed E-state index contributed by atoms with van der Waals surface area (Å²) in [7, 11) is -0.540. The van der Waals surface area contributed by atoms with Crippen molar-refractivity contribution in [3.63, 3.8) is 0 Å². The van der Waals surface area contributed by atoms with E-state index in [-0.39, 0.29) is 57.6 Å². The van der Waals surface area contributed by atoms with Gasteiger partial charge in [-0.15, -0.1) is 0 Å². The van der Waals surface area contributed by atoms with Crippen molar-refractivity contribution >= 4 is 18.9 Å². The summed E-state index contributed by atoms with van der Waals surface area (Å²) < 4.78 is 4.47. The second-order valence-corrected chi connectivity index (χ2v) is 23.4. The Morgan fingerprint density at radius 1 is 0.656 bits per heavy atom. The number of fused-ring (bicyclic) bond motifs is 6. The average molecular weight is 839 g/mol. The van der Waals surface area contributed by atoms with Crippen LogP contribution in [-0.2, 0) is 25.7 Å². The van der Waals surface area contributed by atoms with Gasteiger partial charge in [-0.05, 0) is 143 Å². The first-order valence-corrected chi connectivity index (χ1v) is 25.0. The highest BCUT2D eigenvalue weighted by atomic mass is 16.2. The van der Waals surface area contributed by atoms with Gasteiger partial charge in [-0.25, -0.2) is 0 Å². The Kier molecular flexibility index (Phi) is 11.7. The van der Waals surface area contributed by atoms with Crippen LogP contribution >= 0.6 is 0 Å².